The van der Waals surface area contributed by atoms with E-state index in [-0.39, 0.29) is 0 Å². The molecule has 0 aliphatic carbocycles. The Kier molecular flexibility index (Phi) is 3.43. The number of rotatable bonds is 5. The molecule has 6 heteroatoms. The third-order valence-electron chi connectivity index (χ3n) is 2.57. The minimum atomic E-state index is 0.381. The van der Waals surface area contributed by atoms with E-state index in [1.165, 1.54) is 0 Å². The lowest BCUT2D eigenvalue weighted by molar-refractivity contribution is -0.646. The molecule has 92 valence electrons. The number of anilines is 1. The second kappa shape index (κ2) is 5.01. The van der Waals surface area contributed by atoms with Crippen LogP contribution in [0.5, 0.6) is 0 Å². The maximum absolute atomic E-state index is 5.83. The van der Waals surface area contributed by atoms with Crippen molar-refractivity contribution >= 4 is 17.1 Å². The van der Waals surface area contributed by atoms with E-state index in [4.69, 9.17) is 10.6 Å². The summed E-state index contributed by atoms with van der Waals surface area (Å²) in [4.78, 5) is 9.90. The lowest BCUT2D eigenvalue weighted by Gasteiger charge is -2.06. The van der Waals surface area contributed by atoms with Crippen LogP contribution in [0.1, 0.15) is 6.42 Å². The van der Waals surface area contributed by atoms with Gasteiger partial charge in [0.15, 0.2) is 5.52 Å². The third kappa shape index (κ3) is 2.31. The van der Waals surface area contributed by atoms with Gasteiger partial charge in [-0.05, 0) is 32.1 Å². The van der Waals surface area contributed by atoms with Crippen molar-refractivity contribution in [2.45, 2.75) is 6.42 Å². The Hall–Kier alpha value is -1.82. The molecule has 0 aromatic carbocycles. The Balaban J connectivity index is 2.21. The predicted molar refractivity (Wildman–Crippen MR) is 65.3 cm³/mol. The molecule has 6 nitrogen and oxygen atoms in total. The van der Waals surface area contributed by atoms with E-state index in [0.29, 0.717) is 12.6 Å². The SMILES string of the molecule is CNCCCOn1c(N)nc2c1ccc[n+]2C. The molecule has 2 heterocycles. The molecule has 0 fully saturated rings. The molecule has 0 atom stereocenters. The summed E-state index contributed by atoms with van der Waals surface area (Å²) in [5, 5.41) is 3.07. The summed E-state index contributed by atoms with van der Waals surface area (Å²) < 4.78 is 3.50. The van der Waals surface area contributed by atoms with Crippen LogP contribution in [-0.4, -0.2) is 29.9 Å². The van der Waals surface area contributed by atoms with E-state index >= 15 is 0 Å². The van der Waals surface area contributed by atoms with Crippen molar-refractivity contribution in [1.82, 2.24) is 15.0 Å². The molecular formula is C11H18N5O+. The van der Waals surface area contributed by atoms with Crippen LogP contribution in [0, 0.1) is 0 Å². The first-order valence-electron chi connectivity index (χ1n) is 5.64. The number of nitrogens with zero attached hydrogens (tertiary/aromatic N) is 3. The quantitative estimate of drug-likeness (QED) is 0.541. The third-order valence-corrected chi connectivity index (χ3v) is 2.57. The molecule has 0 saturated carbocycles. The monoisotopic (exact) mass is 236 g/mol. The Morgan fingerprint density at radius 1 is 1.59 bits per heavy atom. The second-order valence-corrected chi connectivity index (χ2v) is 3.88. The van der Waals surface area contributed by atoms with Gasteiger partial charge in [0.1, 0.15) is 6.61 Å². The number of imidazole rings is 1. The molecule has 3 N–H and O–H groups in total. The van der Waals surface area contributed by atoms with Gasteiger partial charge >= 0.3 is 11.6 Å². The molecule has 0 radical (unpaired) electrons. The molecule has 17 heavy (non-hydrogen) atoms. The zero-order valence-corrected chi connectivity index (χ0v) is 10.2. The molecular weight excluding hydrogens is 218 g/mol. The molecule has 0 saturated heterocycles. The highest BCUT2D eigenvalue weighted by atomic mass is 16.7. The van der Waals surface area contributed by atoms with Crippen LogP contribution in [0.3, 0.4) is 0 Å². The van der Waals surface area contributed by atoms with Crippen LogP contribution < -0.4 is 20.5 Å². The van der Waals surface area contributed by atoms with Gasteiger partial charge in [0, 0.05) is 4.98 Å². The van der Waals surface area contributed by atoms with Gasteiger partial charge in [-0.25, -0.2) is 4.57 Å². The van der Waals surface area contributed by atoms with Crippen molar-refractivity contribution in [3.05, 3.63) is 18.3 Å². The number of hydrogen-bond donors (Lipinski definition) is 2. The zero-order chi connectivity index (χ0) is 12.3. The topological polar surface area (TPSA) is 69.0 Å². The number of nitrogen functional groups attached to an aromatic ring is 1. The molecule has 0 spiro atoms. The van der Waals surface area contributed by atoms with Crippen LogP contribution in [0.25, 0.3) is 11.2 Å². The molecule has 2 rings (SSSR count). The summed E-state index contributed by atoms with van der Waals surface area (Å²) in [6.07, 6.45) is 2.86. The molecule has 0 bridgehead atoms. The summed E-state index contributed by atoms with van der Waals surface area (Å²) in [7, 11) is 3.85. The zero-order valence-electron chi connectivity index (χ0n) is 10.2. The summed E-state index contributed by atoms with van der Waals surface area (Å²) in [5.74, 6) is 0.381. The van der Waals surface area contributed by atoms with Crippen LogP contribution >= 0.6 is 0 Å². The Morgan fingerprint density at radius 3 is 3.18 bits per heavy atom. The lowest BCUT2D eigenvalue weighted by Crippen LogP contribution is -2.28. The average Bonchev–Trinajstić information content (AvgIpc) is 2.63. The maximum Gasteiger partial charge on any atom is 0.354 e. The van der Waals surface area contributed by atoms with Crippen LogP contribution in [-0.2, 0) is 7.05 Å². The van der Waals surface area contributed by atoms with E-state index in [2.05, 4.69) is 10.3 Å². The summed E-state index contributed by atoms with van der Waals surface area (Å²) in [6.45, 7) is 1.52. The van der Waals surface area contributed by atoms with E-state index in [1.807, 2.05) is 37.0 Å². The van der Waals surface area contributed by atoms with E-state index < -0.39 is 0 Å². The number of nitrogens with two attached hydrogens (primary N) is 1. The smallest absolute Gasteiger partial charge is 0.354 e. The normalized spacial score (nSPS) is 10.9. The minimum Gasteiger partial charge on any atom is -0.408 e. The van der Waals surface area contributed by atoms with E-state index in [1.54, 1.807) is 4.73 Å². The Labute approximate surface area is 100.0 Å². The first-order valence-corrected chi connectivity index (χ1v) is 5.64. The van der Waals surface area contributed by atoms with Gasteiger partial charge in [0.2, 0.25) is 0 Å². The second-order valence-electron chi connectivity index (χ2n) is 3.88. The summed E-state index contributed by atoms with van der Waals surface area (Å²) in [5.41, 5.74) is 7.54. The molecule has 0 aliphatic rings. The van der Waals surface area contributed by atoms with E-state index in [0.717, 1.165) is 24.1 Å². The predicted octanol–water partition coefficient (Wildman–Crippen LogP) is -0.519. The number of fused-ring (bicyclic) bond motifs is 1. The Morgan fingerprint density at radius 2 is 2.41 bits per heavy atom. The van der Waals surface area contributed by atoms with Crippen molar-refractivity contribution in [2.24, 2.45) is 7.05 Å². The van der Waals surface area contributed by atoms with Gasteiger partial charge in [-0.2, -0.15) is 0 Å². The average molecular weight is 236 g/mol. The number of nitrogens with one attached hydrogen (secondary N) is 1. The van der Waals surface area contributed by atoms with Crippen molar-refractivity contribution < 1.29 is 9.40 Å². The first-order chi connectivity index (χ1) is 8.24. The highest BCUT2D eigenvalue weighted by Crippen LogP contribution is 2.11. The molecule has 2 aromatic rings. The molecule has 0 unspecified atom stereocenters. The largest absolute Gasteiger partial charge is 0.408 e. The highest BCUT2D eigenvalue weighted by molar-refractivity contribution is 5.70. The summed E-state index contributed by atoms with van der Waals surface area (Å²) in [6, 6.07) is 3.88. The van der Waals surface area contributed by atoms with Gasteiger partial charge < -0.3 is 15.9 Å². The van der Waals surface area contributed by atoms with Gasteiger partial charge in [-0.1, -0.05) is 0 Å². The minimum absolute atomic E-state index is 0.381. The number of aryl methyl sites for hydroxylation is 1. The molecule has 0 aliphatic heterocycles. The number of pyridine rings is 1. The number of hydrogen-bond acceptors (Lipinski definition) is 4. The Bertz CT molecular complexity index is 508. The van der Waals surface area contributed by atoms with Gasteiger partial charge in [-0.15, -0.1) is 4.73 Å². The molecule has 0 amide bonds. The van der Waals surface area contributed by atoms with Crippen molar-refractivity contribution in [1.29, 1.82) is 0 Å². The van der Waals surface area contributed by atoms with Gasteiger partial charge in [-0.3, -0.25) is 0 Å². The lowest BCUT2D eigenvalue weighted by atomic mass is 10.4. The molecule has 2 aromatic heterocycles. The van der Waals surface area contributed by atoms with Crippen LogP contribution in [0.4, 0.5) is 5.95 Å². The van der Waals surface area contributed by atoms with Crippen LogP contribution in [0.2, 0.25) is 0 Å². The first kappa shape index (κ1) is 11.7. The number of aromatic nitrogens is 3. The van der Waals surface area contributed by atoms with Crippen molar-refractivity contribution in [2.75, 3.05) is 25.9 Å². The van der Waals surface area contributed by atoms with Gasteiger partial charge in [0.05, 0.1) is 13.2 Å². The fourth-order valence-corrected chi connectivity index (χ4v) is 1.70. The van der Waals surface area contributed by atoms with Crippen LogP contribution in [0.15, 0.2) is 18.3 Å². The van der Waals surface area contributed by atoms with Crippen molar-refractivity contribution in [3.8, 4) is 0 Å². The fraction of sp³-hybridized carbons (Fsp3) is 0.455. The fourth-order valence-electron chi connectivity index (χ4n) is 1.70. The highest BCUT2D eigenvalue weighted by Gasteiger charge is 2.18. The van der Waals surface area contributed by atoms with Crippen molar-refractivity contribution in [3.63, 3.8) is 0 Å². The van der Waals surface area contributed by atoms with E-state index in [9.17, 15) is 0 Å². The van der Waals surface area contributed by atoms with Gasteiger partial charge in [0.25, 0.3) is 0 Å². The standard InChI is InChI=1S/C11H17N5O/c1-13-6-4-8-17-16-9-5-3-7-15(2)10(9)14-11(16)12/h3,5,7,12-13H,4,6,8H2,1-2H3/p+1. The maximum atomic E-state index is 5.83. The summed E-state index contributed by atoms with van der Waals surface area (Å²) >= 11 is 0.